The lowest BCUT2D eigenvalue weighted by Crippen LogP contribution is -2.71. The number of unbranched alkanes of at least 4 members (excludes halogenated alkanes) is 5. The number of nitrogens with zero attached hydrogens (tertiary/aromatic N) is 1. The van der Waals surface area contributed by atoms with E-state index < -0.39 is 40.5 Å². The maximum atomic E-state index is 11.6. The third-order valence-electron chi connectivity index (χ3n) is 5.54. The fourth-order valence-corrected chi connectivity index (χ4v) is 3.59. The molecule has 0 radical (unpaired) electrons. The van der Waals surface area contributed by atoms with Crippen LogP contribution in [0.15, 0.2) is 12.2 Å². The zero-order valence-corrected chi connectivity index (χ0v) is 17.0. The Balaban J connectivity index is 5.22. The summed E-state index contributed by atoms with van der Waals surface area (Å²) in [7, 11) is 0. The van der Waals surface area contributed by atoms with Crippen LogP contribution in [0.1, 0.15) is 72.6 Å². The second-order valence-corrected chi connectivity index (χ2v) is 7.20. The molecule has 156 valence electrons. The minimum Gasteiger partial charge on any atom is -0.544 e. The molecule has 0 aromatic heterocycles. The summed E-state index contributed by atoms with van der Waals surface area (Å²) in [6.45, 7) is 6.31. The van der Waals surface area contributed by atoms with Gasteiger partial charge in [-0.3, -0.25) is 4.48 Å². The van der Waals surface area contributed by atoms with Crippen LogP contribution in [0.3, 0.4) is 0 Å². The summed E-state index contributed by atoms with van der Waals surface area (Å²) in [6, 6.07) is -3.64. The average Bonchev–Trinajstić information content (AvgIpc) is 2.61. The van der Waals surface area contributed by atoms with Crippen molar-refractivity contribution >= 4 is 17.9 Å². The number of hydrogen-bond donors (Lipinski definition) is 2. The summed E-state index contributed by atoms with van der Waals surface area (Å²) in [5, 5.41) is 30.5. The Kier molecular flexibility index (Phi) is 11.6. The summed E-state index contributed by atoms with van der Waals surface area (Å²) in [4.78, 5) is 34.8. The molecule has 27 heavy (non-hydrogen) atoms. The molecule has 7 heteroatoms. The first kappa shape index (κ1) is 25.1. The maximum absolute atomic E-state index is 11.6. The van der Waals surface area contributed by atoms with Crippen LogP contribution >= 0.6 is 0 Å². The summed E-state index contributed by atoms with van der Waals surface area (Å²) in [5.74, 6) is -3.90. The van der Waals surface area contributed by atoms with E-state index in [9.17, 15) is 29.7 Å². The van der Waals surface area contributed by atoms with Crippen LogP contribution in [0.4, 0.5) is 0 Å². The number of quaternary nitrogens is 1. The highest BCUT2D eigenvalue weighted by Gasteiger charge is 2.50. The molecular formula is C20H35NO6. The topological polar surface area (TPSA) is 115 Å². The van der Waals surface area contributed by atoms with Gasteiger partial charge in [0.15, 0.2) is 12.1 Å². The first-order valence-electron chi connectivity index (χ1n) is 9.81. The number of hydrogen-bond acceptors (Lipinski definition) is 4. The van der Waals surface area contributed by atoms with Gasteiger partial charge in [0.05, 0.1) is 12.5 Å². The van der Waals surface area contributed by atoms with E-state index >= 15 is 0 Å². The van der Waals surface area contributed by atoms with E-state index in [1.807, 2.05) is 12.2 Å². The van der Waals surface area contributed by atoms with Gasteiger partial charge in [-0.1, -0.05) is 44.8 Å². The van der Waals surface area contributed by atoms with Crippen molar-refractivity contribution in [1.82, 2.24) is 0 Å². The van der Waals surface area contributed by atoms with E-state index in [0.29, 0.717) is 6.42 Å². The standard InChI is InChI=1S/C20H35NO6/c1-5-6-7-8-9-10-11-12-13-14-21(15(2)18(22)23,16(3)19(24)25)17(4)20(26)27/h11-12,15-17H,5-10,13-14H2,1-4H3,(H2-,22,23,24,25,26,27)/b12-11+. The van der Waals surface area contributed by atoms with Crippen LogP contribution in [-0.2, 0) is 14.4 Å². The van der Waals surface area contributed by atoms with Gasteiger partial charge in [0.1, 0.15) is 6.04 Å². The normalized spacial score (nSPS) is 17.2. The molecule has 0 fully saturated rings. The van der Waals surface area contributed by atoms with Crippen LogP contribution in [0.5, 0.6) is 0 Å². The molecule has 3 unspecified atom stereocenters. The summed E-state index contributed by atoms with van der Waals surface area (Å²) < 4.78 is -0.589. The van der Waals surface area contributed by atoms with Gasteiger partial charge in [-0.05, 0) is 33.6 Å². The Hall–Kier alpha value is -1.89. The van der Waals surface area contributed by atoms with Crippen LogP contribution < -0.4 is 5.11 Å². The van der Waals surface area contributed by atoms with Crippen molar-refractivity contribution < 1.29 is 34.2 Å². The molecule has 0 spiro atoms. The van der Waals surface area contributed by atoms with Gasteiger partial charge in [0, 0.05) is 6.42 Å². The van der Waals surface area contributed by atoms with E-state index in [2.05, 4.69) is 6.92 Å². The highest BCUT2D eigenvalue weighted by molar-refractivity contribution is 5.76. The quantitative estimate of drug-likeness (QED) is 0.254. The number of carboxylic acid groups (broad SMARTS) is 3. The van der Waals surface area contributed by atoms with Crippen molar-refractivity contribution in [3.05, 3.63) is 12.2 Å². The summed E-state index contributed by atoms with van der Waals surface area (Å²) >= 11 is 0. The molecule has 0 aromatic rings. The van der Waals surface area contributed by atoms with Crippen LogP contribution in [0, 0.1) is 0 Å². The fraction of sp³-hybridized carbons (Fsp3) is 0.750. The number of allylic oxidation sites excluding steroid dienone is 1. The summed E-state index contributed by atoms with van der Waals surface area (Å²) in [5.41, 5.74) is 0. The lowest BCUT2D eigenvalue weighted by Gasteiger charge is -2.49. The predicted octanol–water partition coefficient (Wildman–Crippen LogP) is 2.19. The molecular weight excluding hydrogens is 350 g/mol. The van der Waals surface area contributed by atoms with Gasteiger partial charge in [-0.2, -0.15) is 0 Å². The largest absolute Gasteiger partial charge is 0.544 e. The third kappa shape index (κ3) is 7.33. The predicted molar refractivity (Wildman–Crippen MR) is 101 cm³/mol. The molecule has 0 aliphatic heterocycles. The molecule has 3 atom stereocenters. The van der Waals surface area contributed by atoms with Crippen molar-refractivity contribution in [2.75, 3.05) is 6.54 Å². The van der Waals surface area contributed by atoms with Gasteiger partial charge in [-0.25, -0.2) is 9.59 Å². The Morgan fingerprint density at radius 1 is 0.852 bits per heavy atom. The zero-order chi connectivity index (χ0) is 21.0. The molecule has 0 saturated carbocycles. The smallest absolute Gasteiger partial charge is 0.362 e. The van der Waals surface area contributed by atoms with Gasteiger partial charge in [0.2, 0.25) is 0 Å². The van der Waals surface area contributed by atoms with Gasteiger partial charge < -0.3 is 20.1 Å². The third-order valence-corrected chi connectivity index (χ3v) is 5.54. The molecule has 0 rings (SSSR count). The van der Waals surface area contributed by atoms with E-state index in [-0.39, 0.29) is 6.54 Å². The second-order valence-electron chi connectivity index (χ2n) is 7.20. The minimum atomic E-state index is -1.45. The summed E-state index contributed by atoms with van der Waals surface area (Å²) in [6.07, 6.45) is 11.1. The number of carbonyl (C=O) groups is 3. The van der Waals surface area contributed by atoms with Crippen molar-refractivity contribution in [3.8, 4) is 0 Å². The van der Waals surface area contributed by atoms with Crippen LogP contribution in [0.2, 0.25) is 0 Å². The Bertz CT molecular complexity index is 466. The number of aliphatic carboxylic acids is 3. The SMILES string of the molecule is CCCCCCC/C=C/CC[N+](C(C)C(=O)[O-])(C(C)C(=O)O)C(C)C(=O)O. The Morgan fingerprint density at radius 2 is 1.33 bits per heavy atom. The van der Waals surface area contributed by atoms with Crippen LogP contribution in [0.25, 0.3) is 0 Å². The van der Waals surface area contributed by atoms with Gasteiger partial charge >= 0.3 is 11.9 Å². The van der Waals surface area contributed by atoms with Crippen LogP contribution in [-0.4, -0.2) is 57.3 Å². The number of carbonyl (C=O) groups excluding carboxylic acids is 1. The molecule has 0 amide bonds. The van der Waals surface area contributed by atoms with E-state index in [1.165, 1.54) is 40.0 Å². The second kappa shape index (κ2) is 12.5. The molecule has 2 N–H and O–H groups in total. The fourth-order valence-electron chi connectivity index (χ4n) is 3.59. The minimum absolute atomic E-state index is 0.0996. The van der Waals surface area contributed by atoms with Gasteiger partial charge in [0.25, 0.3) is 0 Å². The molecule has 0 aromatic carbocycles. The molecule has 0 bridgehead atoms. The number of carboxylic acids is 3. The molecule has 0 aliphatic carbocycles. The Labute approximate surface area is 162 Å². The molecule has 7 nitrogen and oxygen atoms in total. The van der Waals surface area contributed by atoms with E-state index in [4.69, 9.17) is 0 Å². The van der Waals surface area contributed by atoms with E-state index in [1.54, 1.807) is 0 Å². The highest BCUT2D eigenvalue weighted by Crippen LogP contribution is 2.26. The molecule has 0 saturated heterocycles. The monoisotopic (exact) mass is 385 g/mol. The average molecular weight is 386 g/mol. The molecule has 0 heterocycles. The van der Waals surface area contributed by atoms with Crippen molar-refractivity contribution in [2.45, 2.75) is 90.8 Å². The first-order valence-corrected chi connectivity index (χ1v) is 9.81. The van der Waals surface area contributed by atoms with Crippen molar-refractivity contribution in [1.29, 1.82) is 0 Å². The number of rotatable bonds is 15. The lowest BCUT2D eigenvalue weighted by atomic mass is 10.0. The van der Waals surface area contributed by atoms with E-state index in [0.717, 1.165) is 19.3 Å². The maximum Gasteiger partial charge on any atom is 0.362 e. The van der Waals surface area contributed by atoms with Crippen molar-refractivity contribution in [2.24, 2.45) is 0 Å². The van der Waals surface area contributed by atoms with Gasteiger partial charge in [-0.15, -0.1) is 0 Å². The first-order chi connectivity index (χ1) is 12.6. The highest BCUT2D eigenvalue weighted by atomic mass is 16.4. The van der Waals surface area contributed by atoms with Crippen molar-refractivity contribution in [3.63, 3.8) is 0 Å². The lowest BCUT2D eigenvalue weighted by molar-refractivity contribution is -0.969. The zero-order valence-electron chi connectivity index (χ0n) is 17.0. The molecule has 0 aliphatic rings. The Morgan fingerprint density at radius 3 is 1.78 bits per heavy atom.